The van der Waals surface area contributed by atoms with Gasteiger partial charge in [-0.05, 0) is 23.8 Å². The van der Waals surface area contributed by atoms with Crippen LogP contribution in [0.15, 0.2) is 53.8 Å². The molecule has 0 atom stereocenters. The molecule has 0 heterocycles. The summed E-state index contributed by atoms with van der Waals surface area (Å²) in [6.45, 7) is 0. The third-order valence-corrected chi connectivity index (χ3v) is 3.03. The first-order chi connectivity index (χ1) is 12.0. The van der Waals surface area contributed by atoms with E-state index in [1.165, 1.54) is 0 Å². The number of hydrogen-bond acceptors (Lipinski definition) is 3. The average Bonchev–Trinajstić information content (AvgIpc) is 2.55. The van der Waals surface area contributed by atoms with Gasteiger partial charge in [-0.2, -0.15) is 26.3 Å². The lowest BCUT2D eigenvalue weighted by atomic mass is 10.1. The van der Waals surface area contributed by atoms with Crippen molar-refractivity contribution in [3.63, 3.8) is 0 Å². The zero-order valence-corrected chi connectivity index (χ0v) is 13.6. The SMILES string of the molecule is COC=C(C(=O)OC)C(=CC=Cc1ccc(C(F)(F)F)cc1)C(F)(F)F. The third-order valence-electron chi connectivity index (χ3n) is 3.03. The number of hydrogen-bond donors (Lipinski definition) is 0. The van der Waals surface area contributed by atoms with Gasteiger partial charge in [0, 0.05) is 0 Å². The molecule has 26 heavy (non-hydrogen) atoms. The van der Waals surface area contributed by atoms with Crippen molar-refractivity contribution in [2.24, 2.45) is 0 Å². The van der Waals surface area contributed by atoms with Gasteiger partial charge < -0.3 is 9.47 Å². The number of allylic oxidation sites excluding steroid dienone is 2. The Labute approximate surface area is 145 Å². The molecule has 0 radical (unpaired) electrons. The Bertz CT molecular complexity index is 709. The topological polar surface area (TPSA) is 35.5 Å². The Balaban J connectivity index is 3.17. The van der Waals surface area contributed by atoms with Gasteiger partial charge in [0.25, 0.3) is 0 Å². The number of rotatable bonds is 5. The fourth-order valence-corrected chi connectivity index (χ4v) is 1.82. The second-order valence-corrected chi connectivity index (χ2v) is 4.82. The molecule has 0 aliphatic heterocycles. The average molecular weight is 380 g/mol. The normalized spacial score (nSPS) is 13.8. The highest BCUT2D eigenvalue weighted by molar-refractivity contribution is 5.93. The molecule has 0 spiro atoms. The summed E-state index contributed by atoms with van der Waals surface area (Å²) >= 11 is 0. The maximum absolute atomic E-state index is 13.2. The van der Waals surface area contributed by atoms with Crippen molar-refractivity contribution in [3.05, 3.63) is 65.0 Å². The van der Waals surface area contributed by atoms with E-state index in [4.69, 9.17) is 0 Å². The fourth-order valence-electron chi connectivity index (χ4n) is 1.82. The first kappa shape index (κ1) is 21.3. The summed E-state index contributed by atoms with van der Waals surface area (Å²) in [5.74, 6) is -1.25. The van der Waals surface area contributed by atoms with E-state index in [-0.39, 0.29) is 5.56 Å². The summed E-state index contributed by atoms with van der Waals surface area (Å²) in [7, 11) is 1.98. The molecule has 1 rings (SSSR count). The largest absolute Gasteiger partial charge is 0.503 e. The van der Waals surface area contributed by atoms with E-state index in [0.717, 1.165) is 50.6 Å². The zero-order chi connectivity index (χ0) is 20.0. The lowest BCUT2D eigenvalue weighted by Crippen LogP contribution is -2.19. The van der Waals surface area contributed by atoms with Crippen molar-refractivity contribution < 1.29 is 40.6 Å². The van der Waals surface area contributed by atoms with Crippen LogP contribution in [0.5, 0.6) is 0 Å². The molecule has 0 aliphatic rings. The zero-order valence-electron chi connectivity index (χ0n) is 13.6. The third kappa shape index (κ3) is 5.98. The molecule has 0 saturated carbocycles. The second kappa shape index (κ2) is 8.59. The second-order valence-electron chi connectivity index (χ2n) is 4.82. The van der Waals surface area contributed by atoms with Crippen LogP contribution < -0.4 is 0 Å². The van der Waals surface area contributed by atoms with Gasteiger partial charge in [0.1, 0.15) is 5.57 Å². The number of ether oxygens (including phenoxy) is 2. The molecule has 142 valence electrons. The summed E-state index contributed by atoms with van der Waals surface area (Å²) in [5, 5.41) is 0. The number of carbonyl (C=O) groups excluding carboxylic acids is 1. The molecule has 1 aromatic rings. The Hall–Kier alpha value is -2.71. The van der Waals surface area contributed by atoms with E-state index in [1.807, 2.05) is 0 Å². The minimum atomic E-state index is -4.89. The van der Waals surface area contributed by atoms with Crippen molar-refractivity contribution in [2.75, 3.05) is 14.2 Å². The van der Waals surface area contributed by atoms with Gasteiger partial charge >= 0.3 is 18.3 Å². The van der Waals surface area contributed by atoms with Crippen LogP contribution in [0.2, 0.25) is 0 Å². The fraction of sp³-hybridized carbons (Fsp3) is 0.235. The standard InChI is InChI=1S/C17H14F6O3/c1-25-10-13(15(24)26-2)14(17(21,22)23)5-3-4-11-6-8-12(9-7-11)16(18,19)20/h3-10H,1-2H3. The lowest BCUT2D eigenvalue weighted by Gasteiger charge is -2.13. The quantitative estimate of drug-likeness (QED) is 0.239. The Morgan fingerprint density at radius 1 is 1.00 bits per heavy atom. The molecule has 0 aromatic heterocycles. The summed E-state index contributed by atoms with van der Waals surface area (Å²) in [6.07, 6.45) is -6.09. The van der Waals surface area contributed by atoms with Gasteiger partial charge in [0.2, 0.25) is 0 Å². The molecule has 1 aromatic carbocycles. The van der Waals surface area contributed by atoms with Crippen molar-refractivity contribution >= 4 is 12.0 Å². The van der Waals surface area contributed by atoms with E-state index in [9.17, 15) is 31.1 Å². The molecule has 0 unspecified atom stereocenters. The number of benzene rings is 1. The highest BCUT2D eigenvalue weighted by Crippen LogP contribution is 2.32. The van der Waals surface area contributed by atoms with Gasteiger partial charge in [-0.15, -0.1) is 0 Å². The predicted octanol–water partition coefficient (Wildman–Crippen LogP) is 4.91. The molecule has 0 saturated heterocycles. The van der Waals surface area contributed by atoms with E-state index < -0.39 is 35.0 Å². The van der Waals surface area contributed by atoms with Crippen LogP contribution in [-0.2, 0) is 20.4 Å². The van der Waals surface area contributed by atoms with Crippen molar-refractivity contribution in [2.45, 2.75) is 12.4 Å². The van der Waals surface area contributed by atoms with Gasteiger partial charge in [-0.1, -0.05) is 24.3 Å². The smallest absolute Gasteiger partial charge is 0.417 e. The number of alkyl halides is 6. The van der Waals surface area contributed by atoms with Crippen LogP contribution in [-0.4, -0.2) is 26.4 Å². The maximum Gasteiger partial charge on any atom is 0.417 e. The van der Waals surface area contributed by atoms with Crippen LogP contribution in [0.4, 0.5) is 26.3 Å². The lowest BCUT2D eigenvalue weighted by molar-refractivity contribution is -0.138. The first-order valence-electron chi connectivity index (χ1n) is 6.95. The van der Waals surface area contributed by atoms with E-state index >= 15 is 0 Å². The summed E-state index contributed by atoms with van der Waals surface area (Å²) in [6, 6.07) is 3.82. The monoisotopic (exact) mass is 380 g/mol. The molecule has 0 fully saturated rings. The number of halogens is 6. The minimum absolute atomic E-state index is 0.242. The minimum Gasteiger partial charge on any atom is -0.503 e. The highest BCUT2D eigenvalue weighted by atomic mass is 19.4. The molecule has 3 nitrogen and oxygen atoms in total. The van der Waals surface area contributed by atoms with E-state index in [1.54, 1.807) is 0 Å². The maximum atomic E-state index is 13.2. The summed E-state index contributed by atoms with van der Waals surface area (Å²) < 4.78 is 85.7. The molecule has 0 amide bonds. The van der Waals surface area contributed by atoms with Crippen molar-refractivity contribution in [3.8, 4) is 0 Å². The van der Waals surface area contributed by atoms with Crippen LogP contribution in [0.1, 0.15) is 11.1 Å². The van der Waals surface area contributed by atoms with Crippen LogP contribution >= 0.6 is 0 Å². The van der Waals surface area contributed by atoms with Gasteiger partial charge in [0.15, 0.2) is 0 Å². The molecule has 0 N–H and O–H groups in total. The number of carbonyl (C=O) groups is 1. The molecule has 0 aliphatic carbocycles. The summed E-state index contributed by atoms with van der Waals surface area (Å²) in [4.78, 5) is 11.5. The molecule has 0 bridgehead atoms. The number of methoxy groups -OCH3 is 2. The van der Waals surface area contributed by atoms with Crippen molar-refractivity contribution in [1.29, 1.82) is 0 Å². The molecular formula is C17H14F6O3. The highest BCUT2D eigenvalue weighted by Gasteiger charge is 2.38. The molecule has 9 heteroatoms. The van der Waals surface area contributed by atoms with E-state index in [2.05, 4.69) is 9.47 Å². The van der Waals surface area contributed by atoms with Gasteiger partial charge in [0.05, 0.1) is 31.6 Å². The summed E-state index contributed by atoms with van der Waals surface area (Å²) in [5.41, 5.74) is -2.81. The van der Waals surface area contributed by atoms with Crippen LogP contribution in [0.25, 0.3) is 6.08 Å². The van der Waals surface area contributed by atoms with Crippen LogP contribution in [0.3, 0.4) is 0 Å². The Morgan fingerprint density at radius 2 is 1.58 bits per heavy atom. The molecular weight excluding hydrogens is 366 g/mol. The Kier molecular flexibility index (Phi) is 7.05. The van der Waals surface area contributed by atoms with Gasteiger partial charge in [-0.25, -0.2) is 4.79 Å². The number of esters is 1. The first-order valence-corrected chi connectivity index (χ1v) is 6.95. The van der Waals surface area contributed by atoms with Crippen LogP contribution in [0, 0.1) is 0 Å². The van der Waals surface area contributed by atoms with Gasteiger partial charge in [-0.3, -0.25) is 0 Å². The Morgan fingerprint density at radius 3 is 2.00 bits per heavy atom. The van der Waals surface area contributed by atoms with E-state index in [0.29, 0.717) is 12.3 Å². The predicted molar refractivity (Wildman–Crippen MR) is 81.7 cm³/mol. The van der Waals surface area contributed by atoms with Crippen molar-refractivity contribution in [1.82, 2.24) is 0 Å².